The molecule has 2 unspecified atom stereocenters. The number of methoxy groups -OCH3 is 1. The maximum absolute atomic E-state index is 10.9. The number of ether oxygens (including phenoxy) is 1. The third-order valence-electron chi connectivity index (χ3n) is 1.78. The number of hydrogen-bond acceptors (Lipinski definition) is 4. The van der Waals surface area contributed by atoms with Gasteiger partial charge in [-0.1, -0.05) is 0 Å². The Morgan fingerprint density at radius 3 is 2.50 bits per heavy atom. The van der Waals surface area contributed by atoms with E-state index in [1.165, 1.54) is 7.11 Å². The molecule has 0 fully saturated rings. The van der Waals surface area contributed by atoms with Crippen molar-refractivity contribution in [3.8, 4) is 0 Å². The number of rotatable bonds is 5. The molecule has 0 bridgehead atoms. The van der Waals surface area contributed by atoms with Gasteiger partial charge in [0.2, 0.25) is 0 Å². The van der Waals surface area contributed by atoms with Gasteiger partial charge in [0.1, 0.15) is 6.04 Å². The monoisotopic (exact) mass is 174 g/mol. The lowest BCUT2D eigenvalue weighted by molar-refractivity contribution is -0.142. The zero-order valence-electron chi connectivity index (χ0n) is 8.18. The Morgan fingerprint density at radius 1 is 1.50 bits per heavy atom. The fraction of sp³-hybridized carbons (Fsp3) is 0.875. The fourth-order valence-corrected chi connectivity index (χ4v) is 0.716. The molecule has 2 N–H and O–H groups in total. The predicted octanol–water partition coefficient (Wildman–Crippen LogP) is -0.255. The van der Waals surface area contributed by atoms with Crippen LogP contribution in [0.3, 0.4) is 0 Å². The second-order valence-corrected chi connectivity index (χ2v) is 2.84. The van der Waals surface area contributed by atoms with Gasteiger partial charge >= 0.3 is 5.97 Å². The van der Waals surface area contributed by atoms with E-state index in [-0.39, 0.29) is 12.0 Å². The molecule has 0 rings (SSSR count). The molecule has 0 saturated carbocycles. The number of nitrogens with one attached hydrogen (secondary N) is 2. The molecule has 0 radical (unpaired) electrons. The van der Waals surface area contributed by atoms with Crippen LogP contribution >= 0.6 is 0 Å². The van der Waals surface area contributed by atoms with Crippen molar-refractivity contribution in [2.45, 2.75) is 25.9 Å². The molecule has 0 heterocycles. The molecule has 0 aliphatic heterocycles. The number of esters is 1. The van der Waals surface area contributed by atoms with Gasteiger partial charge in [0, 0.05) is 12.6 Å². The maximum Gasteiger partial charge on any atom is 0.322 e. The summed E-state index contributed by atoms with van der Waals surface area (Å²) in [4.78, 5) is 10.9. The normalized spacial score (nSPS) is 15.3. The largest absolute Gasteiger partial charge is 0.468 e. The molecular weight excluding hydrogens is 156 g/mol. The van der Waals surface area contributed by atoms with Crippen molar-refractivity contribution in [2.75, 3.05) is 20.7 Å². The van der Waals surface area contributed by atoms with Gasteiger partial charge in [-0.05, 0) is 20.9 Å². The van der Waals surface area contributed by atoms with Crippen molar-refractivity contribution < 1.29 is 9.53 Å². The van der Waals surface area contributed by atoms with Crippen LogP contribution in [0.15, 0.2) is 0 Å². The first-order valence-electron chi connectivity index (χ1n) is 4.10. The summed E-state index contributed by atoms with van der Waals surface area (Å²) in [5.74, 6) is -0.224. The molecule has 0 aromatic heterocycles. The average molecular weight is 174 g/mol. The van der Waals surface area contributed by atoms with E-state index in [4.69, 9.17) is 0 Å². The van der Waals surface area contributed by atoms with Gasteiger partial charge < -0.3 is 15.4 Å². The Bertz CT molecular complexity index is 139. The van der Waals surface area contributed by atoms with Gasteiger partial charge in [-0.25, -0.2) is 0 Å². The number of hydrogen-bond donors (Lipinski definition) is 2. The molecule has 72 valence electrons. The molecule has 4 heteroatoms. The molecule has 0 amide bonds. The molecule has 0 saturated heterocycles. The van der Waals surface area contributed by atoms with Gasteiger partial charge in [-0.15, -0.1) is 0 Å². The van der Waals surface area contributed by atoms with Crippen LogP contribution in [0, 0.1) is 0 Å². The van der Waals surface area contributed by atoms with E-state index in [0.29, 0.717) is 6.04 Å². The Hall–Kier alpha value is -0.610. The Kier molecular flexibility index (Phi) is 5.66. The summed E-state index contributed by atoms with van der Waals surface area (Å²) in [6.07, 6.45) is 0. The van der Waals surface area contributed by atoms with E-state index in [1.54, 1.807) is 6.92 Å². The van der Waals surface area contributed by atoms with Gasteiger partial charge in [-0.3, -0.25) is 4.79 Å². The standard InChI is InChI=1S/C8H18N2O2/c1-6(9-3)5-10-7(2)8(11)12-4/h6-7,9-10H,5H2,1-4H3. The zero-order valence-corrected chi connectivity index (χ0v) is 8.18. The molecular formula is C8H18N2O2. The summed E-state index contributed by atoms with van der Waals surface area (Å²) in [7, 11) is 3.27. The van der Waals surface area contributed by atoms with Crippen LogP contribution in [0.25, 0.3) is 0 Å². The molecule has 0 aromatic carbocycles. The van der Waals surface area contributed by atoms with Crippen molar-refractivity contribution in [1.82, 2.24) is 10.6 Å². The van der Waals surface area contributed by atoms with E-state index in [2.05, 4.69) is 15.4 Å². The minimum absolute atomic E-state index is 0.224. The van der Waals surface area contributed by atoms with Gasteiger partial charge in [0.15, 0.2) is 0 Å². The summed E-state index contributed by atoms with van der Waals surface area (Å²) in [5, 5.41) is 6.11. The first kappa shape index (κ1) is 11.4. The van der Waals surface area contributed by atoms with Gasteiger partial charge in [0.25, 0.3) is 0 Å². The molecule has 2 atom stereocenters. The zero-order chi connectivity index (χ0) is 9.56. The van der Waals surface area contributed by atoms with Crippen molar-refractivity contribution in [2.24, 2.45) is 0 Å². The SMILES string of the molecule is CNC(C)CNC(C)C(=O)OC. The minimum Gasteiger partial charge on any atom is -0.468 e. The molecule has 12 heavy (non-hydrogen) atoms. The summed E-state index contributed by atoms with van der Waals surface area (Å²) in [6.45, 7) is 4.58. The van der Waals surface area contributed by atoms with Crippen molar-refractivity contribution in [3.05, 3.63) is 0 Å². The van der Waals surface area contributed by atoms with Gasteiger partial charge in [0.05, 0.1) is 7.11 Å². The Morgan fingerprint density at radius 2 is 2.08 bits per heavy atom. The third-order valence-corrected chi connectivity index (χ3v) is 1.78. The smallest absolute Gasteiger partial charge is 0.322 e. The van der Waals surface area contributed by atoms with Crippen LogP contribution in [0.5, 0.6) is 0 Å². The van der Waals surface area contributed by atoms with E-state index in [0.717, 1.165) is 6.54 Å². The van der Waals surface area contributed by atoms with Crippen LogP contribution in [-0.2, 0) is 9.53 Å². The second kappa shape index (κ2) is 5.97. The quantitative estimate of drug-likeness (QED) is 0.564. The fourth-order valence-electron chi connectivity index (χ4n) is 0.716. The Labute approximate surface area is 73.7 Å². The lowest BCUT2D eigenvalue weighted by atomic mass is 10.3. The van der Waals surface area contributed by atoms with Crippen molar-refractivity contribution in [3.63, 3.8) is 0 Å². The Balaban J connectivity index is 3.56. The van der Waals surface area contributed by atoms with E-state index >= 15 is 0 Å². The topological polar surface area (TPSA) is 50.4 Å². The second-order valence-electron chi connectivity index (χ2n) is 2.84. The van der Waals surface area contributed by atoms with Gasteiger partial charge in [-0.2, -0.15) is 0 Å². The first-order valence-corrected chi connectivity index (χ1v) is 4.10. The van der Waals surface area contributed by atoms with Crippen molar-refractivity contribution >= 4 is 5.97 Å². The van der Waals surface area contributed by atoms with Crippen LogP contribution in [0.4, 0.5) is 0 Å². The molecule has 0 aliphatic rings. The van der Waals surface area contributed by atoms with Crippen molar-refractivity contribution in [1.29, 1.82) is 0 Å². The highest BCUT2D eigenvalue weighted by Crippen LogP contribution is 1.86. The molecule has 0 aromatic rings. The number of carbonyl (C=O) groups is 1. The van der Waals surface area contributed by atoms with E-state index in [9.17, 15) is 4.79 Å². The van der Waals surface area contributed by atoms with Crippen LogP contribution in [0.1, 0.15) is 13.8 Å². The summed E-state index contributed by atoms with van der Waals surface area (Å²) >= 11 is 0. The van der Waals surface area contributed by atoms with Crippen LogP contribution in [-0.4, -0.2) is 38.8 Å². The third kappa shape index (κ3) is 4.31. The van der Waals surface area contributed by atoms with E-state index in [1.807, 2.05) is 14.0 Å². The van der Waals surface area contributed by atoms with Crippen LogP contribution < -0.4 is 10.6 Å². The molecule has 4 nitrogen and oxygen atoms in total. The van der Waals surface area contributed by atoms with Crippen LogP contribution in [0.2, 0.25) is 0 Å². The first-order chi connectivity index (χ1) is 5.61. The predicted molar refractivity (Wildman–Crippen MR) is 48.0 cm³/mol. The number of likely N-dealkylation sites (N-methyl/N-ethyl adjacent to an activating group) is 1. The lowest BCUT2D eigenvalue weighted by Crippen LogP contribution is -2.42. The number of carbonyl (C=O) groups excluding carboxylic acids is 1. The maximum atomic E-state index is 10.9. The summed E-state index contributed by atoms with van der Waals surface area (Å²) in [6, 6.07) is 0.128. The summed E-state index contributed by atoms with van der Waals surface area (Å²) < 4.78 is 4.56. The highest BCUT2D eigenvalue weighted by Gasteiger charge is 2.12. The average Bonchev–Trinajstić information content (AvgIpc) is 2.11. The minimum atomic E-state index is -0.231. The highest BCUT2D eigenvalue weighted by atomic mass is 16.5. The lowest BCUT2D eigenvalue weighted by Gasteiger charge is -2.15. The van der Waals surface area contributed by atoms with E-state index < -0.39 is 0 Å². The summed E-state index contributed by atoms with van der Waals surface area (Å²) in [5.41, 5.74) is 0. The highest BCUT2D eigenvalue weighted by molar-refractivity contribution is 5.75. The molecule has 0 spiro atoms. The molecule has 0 aliphatic carbocycles.